The molecule has 18 heavy (non-hydrogen) atoms. The van der Waals surface area contributed by atoms with Crippen LogP contribution in [0.4, 0.5) is 0 Å². The van der Waals surface area contributed by atoms with Crippen LogP contribution in [0.2, 0.25) is 0 Å². The summed E-state index contributed by atoms with van der Waals surface area (Å²) in [5, 5.41) is 3.38. The molecule has 0 aromatic carbocycles. The lowest BCUT2D eigenvalue weighted by molar-refractivity contribution is 0.199. The van der Waals surface area contributed by atoms with E-state index in [1.807, 2.05) is 12.5 Å². The summed E-state index contributed by atoms with van der Waals surface area (Å²) in [4.78, 5) is 4.31. The summed E-state index contributed by atoms with van der Waals surface area (Å²) in [6.07, 6.45) is 3.93. The van der Waals surface area contributed by atoms with E-state index in [1.54, 1.807) is 7.11 Å². The zero-order valence-electron chi connectivity index (χ0n) is 12.2. The van der Waals surface area contributed by atoms with Crippen LogP contribution in [0.5, 0.6) is 0 Å². The van der Waals surface area contributed by atoms with Crippen LogP contribution in [-0.2, 0) is 11.3 Å². The second-order valence-electron chi connectivity index (χ2n) is 6.31. The van der Waals surface area contributed by atoms with E-state index in [9.17, 15) is 0 Å². The van der Waals surface area contributed by atoms with Gasteiger partial charge in [-0.3, -0.25) is 0 Å². The molecule has 1 aliphatic rings. The summed E-state index contributed by atoms with van der Waals surface area (Å²) in [6.45, 7) is 11.8. The fourth-order valence-corrected chi connectivity index (χ4v) is 2.95. The van der Waals surface area contributed by atoms with E-state index < -0.39 is 0 Å². The van der Waals surface area contributed by atoms with Crippen LogP contribution in [-0.4, -0.2) is 29.8 Å². The predicted molar refractivity (Wildman–Crippen MR) is 72.4 cm³/mol. The van der Waals surface area contributed by atoms with E-state index in [2.05, 4.69) is 42.6 Å². The molecule has 0 amide bonds. The molecule has 0 unspecified atom stereocenters. The van der Waals surface area contributed by atoms with Crippen molar-refractivity contribution in [1.29, 1.82) is 0 Å². The van der Waals surface area contributed by atoms with Crippen molar-refractivity contribution in [2.24, 2.45) is 10.8 Å². The lowest BCUT2D eigenvalue weighted by Gasteiger charge is -2.11. The summed E-state index contributed by atoms with van der Waals surface area (Å²) in [7, 11) is 1.72. The van der Waals surface area contributed by atoms with E-state index in [0.29, 0.717) is 16.9 Å². The molecule has 4 nitrogen and oxygen atoms in total. The maximum atomic E-state index is 5.03. The fourth-order valence-electron chi connectivity index (χ4n) is 2.95. The SMILES string of the molecule is COCCNCc1cncn1C1C(C)(C)C1(C)C. The Labute approximate surface area is 110 Å². The van der Waals surface area contributed by atoms with Crippen LogP contribution < -0.4 is 5.32 Å². The third-order valence-corrected chi connectivity index (χ3v) is 4.76. The Morgan fingerprint density at radius 2 is 2.00 bits per heavy atom. The summed E-state index contributed by atoms with van der Waals surface area (Å²) < 4.78 is 7.37. The summed E-state index contributed by atoms with van der Waals surface area (Å²) >= 11 is 0. The molecular formula is C14H25N3O. The molecular weight excluding hydrogens is 226 g/mol. The molecule has 0 radical (unpaired) electrons. The molecule has 0 bridgehead atoms. The molecule has 1 heterocycles. The summed E-state index contributed by atoms with van der Waals surface area (Å²) in [6, 6.07) is 0.548. The Kier molecular flexibility index (Phi) is 3.52. The fraction of sp³-hybridized carbons (Fsp3) is 0.786. The number of imidazole rings is 1. The predicted octanol–water partition coefficient (Wildman–Crippen LogP) is 2.23. The molecule has 102 valence electrons. The number of nitrogens with zero attached hydrogens (tertiary/aromatic N) is 2. The highest BCUT2D eigenvalue weighted by molar-refractivity contribution is 5.19. The van der Waals surface area contributed by atoms with Crippen LogP contribution in [0.25, 0.3) is 0 Å². The van der Waals surface area contributed by atoms with Crippen molar-refractivity contribution in [3.8, 4) is 0 Å². The normalized spacial score (nSPS) is 21.2. The zero-order chi connectivity index (χ0) is 13.4. The Balaban J connectivity index is 2.01. The highest BCUT2D eigenvalue weighted by Gasteiger charge is 2.66. The number of aromatic nitrogens is 2. The van der Waals surface area contributed by atoms with Gasteiger partial charge >= 0.3 is 0 Å². The monoisotopic (exact) mass is 251 g/mol. The van der Waals surface area contributed by atoms with Gasteiger partial charge in [-0.15, -0.1) is 0 Å². The first kappa shape index (κ1) is 13.6. The van der Waals surface area contributed by atoms with E-state index in [1.165, 1.54) is 5.69 Å². The highest BCUT2D eigenvalue weighted by Crippen LogP contribution is 2.71. The Morgan fingerprint density at radius 3 is 2.56 bits per heavy atom. The molecule has 1 N–H and O–H groups in total. The van der Waals surface area contributed by atoms with Gasteiger partial charge in [0.05, 0.1) is 18.6 Å². The standard InChI is InChI=1S/C14H25N3O/c1-13(2)12(14(13,3)4)17-10-16-9-11(17)8-15-6-7-18-5/h9-10,12,15H,6-8H2,1-5H3. The van der Waals surface area contributed by atoms with E-state index in [-0.39, 0.29) is 0 Å². The van der Waals surface area contributed by atoms with Crippen LogP contribution >= 0.6 is 0 Å². The Bertz CT molecular complexity index is 395. The average molecular weight is 251 g/mol. The largest absolute Gasteiger partial charge is 0.383 e. The Morgan fingerprint density at radius 1 is 1.33 bits per heavy atom. The van der Waals surface area contributed by atoms with Gasteiger partial charge in [-0.2, -0.15) is 0 Å². The van der Waals surface area contributed by atoms with Crippen LogP contribution in [0.15, 0.2) is 12.5 Å². The lowest BCUT2D eigenvalue weighted by atomic mass is 10.0. The van der Waals surface area contributed by atoms with Crippen LogP contribution in [0.3, 0.4) is 0 Å². The van der Waals surface area contributed by atoms with E-state index in [4.69, 9.17) is 4.74 Å². The van der Waals surface area contributed by atoms with Gasteiger partial charge < -0.3 is 14.6 Å². The smallest absolute Gasteiger partial charge is 0.0951 e. The maximum Gasteiger partial charge on any atom is 0.0951 e. The first-order valence-electron chi connectivity index (χ1n) is 6.63. The van der Waals surface area contributed by atoms with E-state index in [0.717, 1.165) is 19.7 Å². The van der Waals surface area contributed by atoms with Crippen molar-refractivity contribution in [2.75, 3.05) is 20.3 Å². The van der Waals surface area contributed by atoms with Crippen molar-refractivity contribution in [1.82, 2.24) is 14.9 Å². The number of hydrogen-bond donors (Lipinski definition) is 1. The van der Waals surface area contributed by atoms with Gasteiger partial charge in [-0.1, -0.05) is 27.7 Å². The lowest BCUT2D eigenvalue weighted by Crippen LogP contribution is -2.20. The molecule has 1 aromatic heterocycles. The number of ether oxygens (including phenoxy) is 1. The molecule has 0 aliphatic heterocycles. The van der Waals surface area contributed by atoms with Crippen molar-refractivity contribution in [3.63, 3.8) is 0 Å². The van der Waals surface area contributed by atoms with Gasteiger partial charge in [-0.05, 0) is 10.8 Å². The van der Waals surface area contributed by atoms with Gasteiger partial charge in [0.15, 0.2) is 0 Å². The van der Waals surface area contributed by atoms with Crippen LogP contribution in [0.1, 0.15) is 39.4 Å². The summed E-state index contributed by atoms with van der Waals surface area (Å²) in [5.41, 5.74) is 1.94. The minimum absolute atomic E-state index is 0.342. The minimum Gasteiger partial charge on any atom is -0.383 e. The third-order valence-electron chi connectivity index (χ3n) is 4.76. The van der Waals surface area contributed by atoms with Gasteiger partial charge in [-0.25, -0.2) is 4.98 Å². The van der Waals surface area contributed by atoms with Crippen molar-refractivity contribution >= 4 is 0 Å². The maximum absolute atomic E-state index is 5.03. The molecule has 4 heteroatoms. The molecule has 2 rings (SSSR count). The number of hydrogen-bond acceptors (Lipinski definition) is 3. The summed E-state index contributed by atoms with van der Waals surface area (Å²) in [5.74, 6) is 0. The molecule has 1 fully saturated rings. The Hall–Kier alpha value is -0.870. The van der Waals surface area contributed by atoms with Crippen LogP contribution in [0, 0.1) is 10.8 Å². The topological polar surface area (TPSA) is 39.1 Å². The van der Waals surface area contributed by atoms with E-state index >= 15 is 0 Å². The van der Waals surface area contributed by atoms with Gasteiger partial charge in [0.1, 0.15) is 0 Å². The molecule has 0 spiro atoms. The molecule has 0 saturated heterocycles. The van der Waals surface area contributed by atoms with Gasteiger partial charge in [0.25, 0.3) is 0 Å². The quantitative estimate of drug-likeness (QED) is 0.788. The average Bonchev–Trinajstić information content (AvgIpc) is 2.66. The van der Waals surface area contributed by atoms with Gasteiger partial charge in [0.2, 0.25) is 0 Å². The highest BCUT2D eigenvalue weighted by atomic mass is 16.5. The number of methoxy groups -OCH3 is 1. The second-order valence-corrected chi connectivity index (χ2v) is 6.31. The second kappa shape index (κ2) is 4.67. The number of nitrogens with one attached hydrogen (secondary N) is 1. The molecule has 1 aliphatic carbocycles. The minimum atomic E-state index is 0.342. The zero-order valence-corrected chi connectivity index (χ0v) is 12.2. The molecule has 1 aromatic rings. The van der Waals surface area contributed by atoms with Crippen molar-refractivity contribution in [2.45, 2.75) is 40.3 Å². The first-order valence-corrected chi connectivity index (χ1v) is 6.63. The van der Waals surface area contributed by atoms with Crippen molar-refractivity contribution in [3.05, 3.63) is 18.2 Å². The first-order chi connectivity index (χ1) is 8.43. The number of rotatable bonds is 6. The molecule has 0 atom stereocenters. The third kappa shape index (κ3) is 2.08. The molecule has 1 saturated carbocycles. The van der Waals surface area contributed by atoms with Crippen molar-refractivity contribution < 1.29 is 4.74 Å². The van der Waals surface area contributed by atoms with Gasteiger partial charge in [0, 0.05) is 32.4 Å².